The predicted octanol–water partition coefficient (Wildman–Crippen LogP) is 2.83. The molecule has 3 rings (SSSR count). The molecule has 94 valence electrons. The lowest BCUT2D eigenvalue weighted by atomic mass is 10.0. The van der Waals surface area contributed by atoms with E-state index in [0.717, 1.165) is 11.5 Å². The number of hydrogen-bond acceptors (Lipinski definition) is 4. The van der Waals surface area contributed by atoms with Crippen LogP contribution in [0.2, 0.25) is 0 Å². The van der Waals surface area contributed by atoms with Crippen molar-refractivity contribution in [1.82, 2.24) is 5.32 Å². The molecule has 0 amide bonds. The molecule has 1 atom stereocenters. The van der Waals surface area contributed by atoms with Gasteiger partial charge in [-0.25, -0.2) is 0 Å². The third-order valence-corrected chi connectivity index (χ3v) is 3.95. The van der Waals surface area contributed by atoms with Crippen molar-refractivity contribution >= 4 is 11.3 Å². The number of thiophene rings is 1. The van der Waals surface area contributed by atoms with E-state index in [4.69, 9.17) is 9.47 Å². The minimum Gasteiger partial charge on any atom is -0.486 e. The zero-order chi connectivity index (χ0) is 12.4. The number of benzene rings is 1. The maximum atomic E-state index is 5.63. The van der Waals surface area contributed by atoms with Crippen LogP contribution in [0.1, 0.15) is 16.5 Å². The lowest BCUT2D eigenvalue weighted by molar-refractivity contribution is 0.171. The van der Waals surface area contributed by atoms with Gasteiger partial charge < -0.3 is 14.8 Å². The summed E-state index contributed by atoms with van der Waals surface area (Å²) < 4.78 is 11.2. The van der Waals surface area contributed by atoms with Crippen molar-refractivity contribution in [2.45, 2.75) is 6.04 Å². The van der Waals surface area contributed by atoms with Gasteiger partial charge in [-0.3, -0.25) is 0 Å². The number of ether oxygens (including phenoxy) is 2. The molecule has 0 aliphatic carbocycles. The van der Waals surface area contributed by atoms with Crippen LogP contribution >= 0.6 is 11.3 Å². The molecule has 2 aromatic rings. The third kappa shape index (κ3) is 2.09. The summed E-state index contributed by atoms with van der Waals surface area (Å²) in [6, 6.07) is 10.6. The molecule has 0 saturated heterocycles. The Labute approximate surface area is 110 Å². The summed E-state index contributed by atoms with van der Waals surface area (Å²) in [4.78, 5) is 1.30. The van der Waals surface area contributed by atoms with Crippen LogP contribution in [0.25, 0.3) is 0 Å². The average Bonchev–Trinajstić information content (AvgIpc) is 2.93. The molecule has 1 aliphatic heterocycles. The van der Waals surface area contributed by atoms with Crippen LogP contribution in [0.5, 0.6) is 11.5 Å². The summed E-state index contributed by atoms with van der Waals surface area (Å²) in [5, 5.41) is 5.44. The fraction of sp³-hybridized carbons (Fsp3) is 0.286. The molecule has 1 aromatic heterocycles. The predicted molar refractivity (Wildman–Crippen MR) is 72.7 cm³/mol. The first-order chi connectivity index (χ1) is 8.88. The molecule has 0 spiro atoms. The molecule has 1 aliphatic rings. The van der Waals surface area contributed by atoms with Gasteiger partial charge in [-0.05, 0) is 36.2 Å². The molecule has 1 unspecified atom stereocenters. The van der Waals surface area contributed by atoms with Gasteiger partial charge in [0.2, 0.25) is 0 Å². The fourth-order valence-electron chi connectivity index (χ4n) is 2.17. The van der Waals surface area contributed by atoms with E-state index >= 15 is 0 Å². The minimum atomic E-state index is 0.209. The molecule has 4 heteroatoms. The van der Waals surface area contributed by atoms with Crippen LogP contribution in [-0.4, -0.2) is 20.3 Å². The summed E-state index contributed by atoms with van der Waals surface area (Å²) in [5.41, 5.74) is 1.20. The topological polar surface area (TPSA) is 30.5 Å². The Balaban J connectivity index is 1.95. The number of nitrogens with one attached hydrogen (secondary N) is 1. The highest BCUT2D eigenvalue weighted by Gasteiger charge is 2.17. The van der Waals surface area contributed by atoms with Crippen molar-refractivity contribution in [2.24, 2.45) is 0 Å². The van der Waals surface area contributed by atoms with E-state index in [1.54, 1.807) is 11.3 Å². The highest BCUT2D eigenvalue weighted by molar-refractivity contribution is 7.10. The standard InChI is InChI=1S/C14H15NO2S/c1-15-14(13-3-2-8-18-13)10-4-5-11-12(9-10)17-7-6-16-11/h2-5,8-9,14-15H,6-7H2,1H3. The monoisotopic (exact) mass is 261 g/mol. The Morgan fingerprint density at radius 2 is 2.00 bits per heavy atom. The van der Waals surface area contributed by atoms with Crippen molar-refractivity contribution in [3.05, 3.63) is 46.2 Å². The number of fused-ring (bicyclic) bond motifs is 1. The molecular formula is C14H15NO2S. The smallest absolute Gasteiger partial charge is 0.161 e. The van der Waals surface area contributed by atoms with Crippen LogP contribution in [-0.2, 0) is 0 Å². The lowest BCUT2D eigenvalue weighted by Crippen LogP contribution is -2.18. The van der Waals surface area contributed by atoms with Crippen molar-refractivity contribution < 1.29 is 9.47 Å². The van der Waals surface area contributed by atoms with Gasteiger partial charge in [0.15, 0.2) is 11.5 Å². The summed E-state index contributed by atoms with van der Waals surface area (Å²) in [5.74, 6) is 1.68. The molecule has 0 bridgehead atoms. The summed E-state index contributed by atoms with van der Waals surface area (Å²) >= 11 is 1.75. The molecular weight excluding hydrogens is 246 g/mol. The first kappa shape index (κ1) is 11.6. The van der Waals surface area contributed by atoms with Gasteiger partial charge in [0.1, 0.15) is 13.2 Å². The van der Waals surface area contributed by atoms with E-state index in [-0.39, 0.29) is 6.04 Å². The van der Waals surface area contributed by atoms with E-state index in [1.807, 2.05) is 13.1 Å². The maximum absolute atomic E-state index is 5.63. The largest absolute Gasteiger partial charge is 0.486 e. The molecule has 0 saturated carbocycles. The molecule has 1 N–H and O–H groups in total. The molecule has 2 heterocycles. The Morgan fingerprint density at radius 3 is 2.72 bits per heavy atom. The first-order valence-electron chi connectivity index (χ1n) is 5.98. The highest BCUT2D eigenvalue weighted by atomic mass is 32.1. The Kier molecular flexibility index (Phi) is 3.21. The SMILES string of the molecule is CNC(c1ccc2c(c1)OCCO2)c1cccs1. The van der Waals surface area contributed by atoms with E-state index in [1.165, 1.54) is 10.4 Å². The molecule has 3 nitrogen and oxygen atoms in total. The second-order valence-corrected chi connectivity index (χ2v) is 5.12. The zero-order valence-electron chi connectivity index (χ0n) is 10.2. The zero-order valence-corrected chi connectivity index (χ0v) is 11.0. The van der Waals surface area contributed by atoms with Crippen molar-refractivity contribution in [3.8, 4) is 11.5 Å². The van der Waals surface area contributed by atoms with Crippen LogP contribution in [0, 0.1) is 0 Å². The van der Waals surface area contributed by atoms with Gasteiger partial charge >= 0.3 is 0 Å². The molecule has 0 radical (unpaired) electrons. The van der Waals surface area contributed by atoms with Gasteiger partial charge in [-0.2, -0.15) is 0 Å². The van der Waals surface area contributed by atoms with Crippen LogP contribution < -0.4 is 14.8 Å². The van der Waals surface area contributed by atoms with Crippen molar-refractivity contribution in [3.63, 3.8) is 0 Å². The molecule has 18 heavy (non-hydrogen) atoms. The number of hydrogen-bond donors (Lipinski definition) is 1. The highest BCUT2D eigenvalue weighted by Crippen LogP contribution is 2.35. The van der Waals surface area contributed by atoms with Crippen molar-refractivity contribution in [1.29, 1.82) is 0 Å². The molecule has 1 aromatic carbocycles. The van der Waals surface area contributed by atoms with E-state index < -0.39 is 0 Å². The van der Waals surface area contributed by atoms with E-state index in [2.05, 4.69) is 35.0 Å². The maximum Gasteiger partial charge on any atom is 0.161 e. The van der Waals surface area contributed by atoms with Crippen molar-refractivity contribution in [2.75, 3.05) is 20.3 Å². The van der Waals surface area contributed by atoms with Crippen LogP contribution in [0.4, 0.5) is 0 Å². The fourth-order valence-corrected chi connectivity index (χ4v) is 3.03. The summed E-state index contributed by atoms with van der Waals surface area (Å²) in [7, 11) is 1.97. The van der Waals surface area contributed by atoms with Gasteiger partial charge in [-0.1, -0.05) is 12.1 Å². The van der Waals surface area contributed by atoms with Gasteiger partial charge in [-0.15, -0.1) is 11.3 Å². The second kappa shape index (κ2) is 5.00. The van der Waals surface area contributed by atoms with E-state index in [9.17, 15) is 0 Å². The van der Waals surface area contributed by atoms with Crippen LogP contribution in [0.3, 0.4) is 0 Å². The minimum absolute atomic E-state index is 0.209. The Morgan fingerprint density at radius 1 is 1.17 bits per heavy atom. The van der Waals surface area contributed by atoms with Gasteiger partial charge in [0.05, 0.1) is 6.04 Å². The second-order valence-electron chi connectivity index (χ2n) is 4.14. The Bertz CT molecular complexity index is 525. The van der Waals surface area contributed by atoms with Gasteiger partial charge in [0, 0.05) is 4.88 Å². The van der Waals surface area contributed by atoms with E-state index in [0.29, 0.717) is 13.2 Å². The third-order valence-electron chi connectivity index (χ3n) is 3.02. The number of rotatable bonds is 3. The van der Waals surface area contributed by atoms with Gasteiger partial charge in [0.25, 0.3) is 0 Å². The van der Waals surface area contributed by atoms with Crippen LogP contribution in [0.15, 0.2) is 35.7 Å². The summed E-state index contributed by atoms with van der Waals surface area (Å²) in [6.07, 6.45) is 0. The lowest BCUT2D eigenvalue weighted by Gasteiger charge is -2.21. The summed E-state index contributed by atoms with van der Waals surface area (Å²) in [6.45, 7) is 1.26. The normalized spacial score (nSPS) is 15.4. The molecule has 0 fully saturated rings. The Hall–Kier alpha value is -1.52. The first-order valence-corrected chi connectivity index (χ1v) is 6.86. The average molecular weight is 261 g/mol. The quantitative estimate of drug-likeness (QED) is 0.921.